The van der Waals surface area contributed by atoms with E-state index in [1.54, 1.807) is 10.0 Å². The number of nitrogens with zero attached hydrogens (tertiary/aromatic N) is 3. The SMILES string of the molecule is COC(=O)C1=CC2(C)c3ccccc3C(=O)N3c4ccccc4N1N32. The number of benzene rings is 2. The van der Waals surface area contributed by atoms with Crippen molar-refractivity contribution < 1.29 is 14.3 Å². The van der Waals surface area contributed by atoms with Crippen molar-refractivity contribution in [2.24, 2.45) is 0 Å². The fourth-order valence-electron chi connectivity index (χ4n) is 4.00. The molecule has 2 aromatic rings. The first-order chi connectivity index (χ1) is 12.1. The molecule has 6 heteroatoms. The number of carbonyl (C=O) groups is 2. The fourth-order valence-corrected chi connectivity index (χ4v) is 4.00. The molecule has 0 aromatic heterocycles. The third-order valence-electron chi connectivity index (χ3n) is 5.07. The standard InChI is InChI=1S/C19H15N3O3/c1-19-11-16(18(24)25-2)20-14-9-5-6-10-15(14)21(22(19)20)17(23)12-7-3-4-8-13(12)19/h3-11H,1-2H3. The van der Waals surface area contributed by atoms with Gasteiger partial charge in [-0.2, -0.15) is 0 Å². The largest absolute Gasteiger partial charge is 0.464 e. The number of ether oxygens (including phenoxy) is 1. The van der Waals surface area contributed by atoms with Crippen LogP contribution < -0.4 is 10.0 Å². The Morgan fingerprint density at radius 2 is 1.64 bits per heavy atom. The lowest BCUT2D eigenvalue weighted by atomic mass is 9.86. The van der Waals surface area contributed by atoms with Crippen LogP contribution in [0.2, 0.25) is 0 Å². The lowest BCUT2D eigenvalue weighted by molar-refractivity contribution is -0.136. The van der Waals surface area contributed by atoms with Gasteiger partial charge in [0.25, 0.3) is 5.91 Å². The van der Waals surface area contributed by atoms with Crippen LogP contribution in [0, 0.1) is 0 Å². The van der Waals surface area contributed by atoms with Crippen molar-refractivity contribution in [2.75, 3.05) is 17.1 Å². The Kier molecular flexibility index (Phi) is 2.56. The highest BCUT2D eigenvalue weighted by Crippen LogP contribution is 2.54. The smallest absolute Gasteiger partial charge is 0.355 e. The Balaban J connectivity index is 1.85. The van der Waals surface area contributed by atoms with Crippen molar-refractivity contribution >= 4 is 23.3 Å². The number of carbonyl (C=O) groups excluding carboxylic acids is 2. The number of hydrogen-bond acceptors (Lipinski definition) is 5. The number of methoxy groups -OCH3 is 1. The molecule has 3 aliphatic heterocycles. The van der Waals surface area contributed by atoms with E-state index < -0.39 is 11.5 Å². The molecular weight excluding hydrogens is 318 g/mol. The predicted molar refractivity (Wildman–Crippen MR) is 91.5 cm³/mol. The quantitative estimate of drug-likeness (QED) is 0.751. The van der Waals surface area contributed by atoms with Crippen LogP contribution in [0.4, 0.5) is 11.4 Å². The molecule has 0 fully saturated rings. The number of hydrogen-bond donors (Lipinski definition) is 0. The lowest BCUT2D eigenvalue weighted by Gasteiger charge is -2.44. The molecule has 1 amide bonds. The second-order valence-electron chi connectivity index (χ2n) is 6.42. The van der Waals surface area contributed by atoms with Crippen LogP contribution in [0.1, 0.15) is 22.8 Å². The van der Waals surface area contributed by atoms with E-state index in [1.165, 1.54) is 7.11 Å². The summed E-state index contributed by atoms with van der Waals surface area (Å²) in [4.78, 5) is 25.6. The van der Waals surface area contributed by atoms with Crippen molar-refractivity contribution in [1.82, 2.24) is 5.12 Å². The summed E-state index contributed by atoms with van der Waals surface area (Å²) >= 11 is 0. The number of para-hydroxylation sites is 2. The topological polar surface area (TPSA) is 53.1 Å². The molecule has 0 N–H and O–H groups in total. The van der Waals surface area contributed by atoms with Gasteiger partial charge in [-0.3, -0.25) is 4.79 Å². The molecule has 25 heavy (non-hydrogen) atoms. The molecule has 1 atom stereocenters. The Morgan fingerprint density at radius 1 is 1.00 bits per heavy atom. The first-order valence-corrected chi connectivity index (χ1v) is 8.02. The molecule has 0 radical (unpaired) electrons. The van der Waals surface area contributed by atoms with Gasteiger partial charge in [-0.05, 0) is 36.8 Å². The van der Waals surface area contributed by atoms with Gasteiger partial charge in [0.2, 0.25) is 0 Å². The van der Waals surface area contributed by atoms with Crippen LogP contribution in [-0.4, -0.2) is 24.1 Å². The third kappa shape index (κ3) is 1.52. The lowest BCUT2D eigenvalue weighted by Crippen LogP contribution is -2.60. The molecule has 3 heterocycles. The number of anilines is 2. The maximum atomic E-state index is 13.2. The number of esters is 1. The Morgan fingerprint density at radius 3 is 2.36 bits per heavy atom. The third-order valence-corrected chi connectivity index (χ3v) is 5.07. The average Bonchev–Trinajstić information content (AvgIpc) is 3.15. The first kappa shape index (κ1) is 14.2. The Hall–Kier alpha value is -3.12. The Bertz CT molecular complexity index is 983. The molecule has 124 valence electrons. The van der Waals surface area contributed by atoms with Crippen molar-refractivity contribution in [3.8, 4) is 0 Å². The maximum absolute atomic E-state index is 13.2. The fraction of sp³-hybridized carbons (Fsp3) is 0.158. The van der Waals surface area contributed by atoms with Gasteiger partial charge in [0.1, 0.15) is 11.2 Å². The van der Waals surface area contributed by atoms with Crippen LogP contribution in [-0.2, 0) is 15.1 Å². The molecule has 0 saturated heterocycles. The monoisotopic (exact) mass is 333 g/mol. The van der Waals surface area contributed by atoms with Gasteiger partial charge in [0.15, 0.2) is 0 Å². The van der Waals surface area contributed by atoms with Gasteiger partial charge < -0.3 is 4.74 Å². The normalized spacial score (nSPS) is 23.1. The van der Waals surface area contributed by atoms with E-state index >= 15 is 0 Å². The minimum atomic E-state index is -0.660. The zero-order valence-corrected chi connectivity index (χ0v) is 13.8. The molecule has 0 bridgehead atoms. The number of hydrazine groups is 2. The number of fused-ring (bicyclic) bond motifs is 5. The predicted octanol–water partition coefficient (Wildman–Crippen LogP) is 2.58. The van der Waals surface area contributed by atoms with Gasteiger partial charge >= 0.3 is 5.97 Å². The van der Waals surface area contributed by atoms with Gasteiger partial charge in [0.05, 0.1) is 18.5 Å². The number of amides is 1. The molecule has 3 aliphatic rings. The van der Waals surface area contributed by atoms with Gasteiger partial charge in [-0.25, -0.2) is 14.8 Å². The summed E-state index contributed by atoms with van der Waals surface area (Å²) in [6.07, 6.45) is 1.87. The van der Waals surface area contributed by atoms with E-state index in [9.17, 15) is 9.59 Å². The zero-order valence-electron chi connectivity index (χ0n) is 13.8. The number of rotatable bonds is 1. The van der Waals surface area contributed by atoms with Crippen molar-refractivity contribution in [1.29, 1.82) is 0 Å². The summed E-state index contributed by atoms with van der Waals surface area (Å²) < 4.78 is 4.99. The van der Waals surface area contributed by atoms with Gasteiger partial charge in [-0.1, -0.05) is 30.3 Å². The van der Waals surface area contributed by atoms with E-state index in [2.05, 4.69) is 0 Å². The molecule has 0 saturated carbocycles. The summed E-state index contributed by atoms with van der Waals surface area (Å²) in [5.74, 6) is -0.542. The van der Waals surface area contributed by atoms with Crippen LogP contribution in [0.3, 0.4) is 0 Å². The molecule has 1 unspecified atom stereocenters. The van der Waals surface area contributed by atoms with Crippen LogP contribution in [0.5, 0.6) is 0 Å². The highest BCUT2D eigenvalue weighted by atomic mass is 16.5. The first-order valence-electron chi connectivity index (χ1n) is 8.02. The zero-order chi connectivity index (χ0) is 17.3. The second kappa shape index (κ2) is 4.49. The van der Waals surface area contributed by atoms with Crippen LogP contribution in [0.15, 0.2) is 60.3 Å². The average molecular weight is 333 g/mol. The van der Waals surface area contributed by atoms with E-state index in [-0.39, 0.29) is 5.91 Å². The van der Waals surface area contributed by atoms with Gasteiger partial charge in [0, 0.05) is 5.56 Å². The van der Waals surface area contributed by atoms with E-state index in [4.69, 9.17) is 4.74 Å². The summed E-state index contributed by atoms with van der Waals surface area (Å²) in [5, 5.41) is 5.26. The maximum Gasteiger partial charge on any atom is 0.355 e. The highest BCUT2D eigenvalue weighted by Gasteiger charge is 2.58. The van der Waals surface area contributed by atoms with E-state index in [0.29, 0.717) is 11.3 Å². The molecule has 5 rings (SSSR count). The summed E-state index contributed by atoms with van der Waals surface area (Å²) in [6.45, 7) is 2.00. The van der Waals surface area contributed by atoms with Crippen molar-refractivity contribution in [3.05, 3.63) is 71.4 Å². The Labute approximate surface area is 144 Å². The molecule has 0 spiro atoms. The molecular formula is C19H15N3O3. The molecule has 6 nitrogen and oxygen atoms in total. The van der Waals surface area contributed by atoms with Gasteiger partial charge in [-0.15, -0.1) is 5.12 Å². The molecule has 0 aliphatic carbocycles. The summed E-state index contributed by atoms with van der Waals surface area (Å²) in [7, 11) is 1.36. The van der Waals surface area contributed by atoms with Crippen molar-refractivity contribution in [2.45, 2.75) is 12.5 Å². The highest BCUT2D eigenvalue weighted by molar-refractivity contribution is 6.13. The van der Waals surface area contributed by atoms with E-state index in [0.717, 1.165) is 16.9 Å². The minimum Gasteiger partial charge on any atom is -0.464 e. The second-order valence-corrected chi connectivity index (χ2v) is 6.42. The van der Waals surface area contributed by atoms with E-state index in [1.807, 2.05) is 66.6 Å². The summed E-state index contributed by atoms with van der Waals surface area (Å²) in [5.41, 5.74) is 2.79. The molecule has 2 aromatic carbocycles. The van der Waals surface area contributed by atoms with Crippen molar-refractivity contribution in [3.63, 3.8) is 0 Å². The summed E-state index contributed by atoms with van der Waals surface area (Å²) in [6, 6.07) is 15.1. The minimum absolute atomic E-state index is 0.109. The van der Waals surface area contributed by atoms with Crippen LogP contribution >= 0.6 is 0 Å². The van der Waals surface area contributed by atoms with Crippen LogP contribution in [0.25, 0.3) is 0 Å².